The highest BCUT2D eigenvalue weighted by Crippen LogP contribution is 2.44. The van der Waals surface area contributed by atoms with E-state index in [4.69, 9.17) is 9.47 Å². The van der Waals surface area contributed by atoms with Gasteiger partial charge in [0.05, 0.1) is 24.2 Å². The van der Waals surface area contributed by atoms with Gasteiger partial charge in [0, 0.05) is 6.42 Å². The number of hydrogen-bond donors (Lipinski definition) is 1. The van der Waals surface area contributed by atoms with Crippen LogP contribution >= 0.6 is 0 Å². The molecule has 0 radical (unpaired) electrons. The average molecular weight is 300 g/mol. The summed E-state index contributed by atoms with van der Waals surface area (Å²) in [5, 5.41) is 9.52. The third-order valence-corrected chi connectivity index (χ3v) is 4.46. The van der Waals surface area contributed by atoms with Gasteiger partial charge in [-0.15, -0.1) is 0 Å². The lowest BCUT2D eigenvalue weighted by atomic mass is 9.70. The second kappa shape index (κ2) is 7.10. The summed E-state index contributed by atoms with van der Waals surface area (Å²) in [6.07, 6.45) is 3.01. The first-order valence-electron chi connectivity index (χ1n) is 8.15. The van der Waals surface area contributed by atoms with Crippen LogP contribution in [0.1, 0.15) is 67.2 Å². The Morgan fingerprint density at radius 1 is 1.19 bits per heavy atom. The lowest BCUT2D eigenvalue weighted by Crippen LogP contribution is -2.51. The van der Waals surface area contributed by atoms with E-state index in [0.717, 1.165) is 19.3 Å². The van der Waals surface area contributed by atoms with E-state index in [-0.39, 0.29) is 17.5 Å². The molecule has 1 fully saturated rings. The van der Waals surface area contributed by atoms with Gasteiger partial charge in [-0.1, -0.05) is 27.7 Å². The molecule has 0 heterocycles. The molecule has 1 aliphatic rings. The zero-order valence-corrected chi connectivity index (χ0v) is 14.4. The molecule has 0 aromatic heterocycles. The van der Waals surface area contributed by atoms with Crippen LogP contribution in [0.15, 0.2) is 0 Å². The largest absolute Gasteiger partial charge is 0.459 e. The van der Waals surface area contributed by atoms with Crippen LogP contribution in [0.5, 0.6) is 0 Å². The molecule has 0 aromatic carbocycles. The maximum Gasteiger partial charge on any atom is 0.308 e. The molecular weight excluding hydrogens is 268 g/mol. The van der Waals surface area contributed by atoms with Crippen molar-refractivity contribution in [2.75, 3.05) is 6.61 Å². The van der Waals surface area contributed by atoms with Crippen LogP contribution in [0.3, 0.4) is 0 Å². The summed E-state index contributed by atoms with van der Waals surface area (Å²) < 4.78 is 11.9. The molecule has 0 amide bonds. The van der Waals surface area contributed by atoms with Gasteiger partial charge in [-0.25, -0.2) is 0 Å². The van der Waals surface area contributed by atoms with E-state index in [1.165, 1.54) is 0 Å². The Morgan fingerprint density at radius 3 is 2.29 bits per heavy atom. The van der Waals surface area contributed by atoms with Gasteiger partial charge >= 0.3 is 5.97 Å². The first-order valence-corrected chi connectivity index (χ1v) is 8.15. The Bertz CT molecular complexity index is 351. The number of esters is 1. The van der Waals surface area contributed by atoms with E-state index >= 15 is 0 Å². The molecule has 3 atom stereocenters. The number of hydrogen-bond acceptors (Lipinski definition) is 4. The van der Waals surface area contributed by atoms with E-state index < -0.39 is 11.7 Å². The van der Waals surface area contributed by atoms with Crippen LogP contribution in [0, 0.1) is 11.8 Å². The molecule has 1 N–H and O–H groups in total. The van der Waals surface area contributed by atoms with Crippen LogP contribution in [0.4, 0.5) is 0 Å². The fourth-order valence-corrected chi connectivity index (χ4v) is 3.09. The van der Waals surface area contributed by atoms with Gasteiger partial charge in [0.25, 0.3) is 0 Å². The summed E-state index contributed by atoms with van der Waals surface area (Å²) in [6, 6.07) is 0. The van der Waals surface area contributed by atoms with E-state index in [1.54, 1.807) is 6.92 Å². The van der Waals surface area contributed by atoms with Crippen molar-refractivity contribution in [2.45, 2.75) is 84.5 Å². The molecule has 0 aromatic rings. The van der Waals surface area contributed by atoms with Crippen LogP contribution < -0.4 is 0 Å². The number of carbonyl (C=O) groups excluding carboxylic acids is 1. The summed E-state index contributed by atoms with van der Waals surface area (Å²) in [5.74, 6) is 0.0526. The highest BCUT2D eigenvalue weighted by molar-refractivity contribution is 5.72. The van der Waals surface area contributed by atoms with Crippen molar-refractivity contribution in [1.29, 1.82) is 0 Å². The van der Waals surface area contributed by atoms with Crippen LogP contribution in [0.2, 0.25) is 0 Å². The highest BCUT2D eigenvalue weighted by Gasteiger charge is 2.47. The minimum absolute atomic E-state index is 0.115. The zero-order valence-electron chi connectivity index (χ0n) is 14.4. The lowest BCUT2D eigenvalue weighted by Gasteiger charge is -2.48. The molecule has 0 aliphatic heterocycles. The number of aliphatic hydroxyl groups is 1. The van der Waals surface area contributed by atoms with Gasteiger partial charge in [0.15, 0.2) is 0 Å². The molecule has 0 spiro atoms. The first kappa shape index (κ1) is 18.4. The predicted molar refractivity (Wildman–Crippen MR) is 83.0 cm³/mol. The Kier molecular flexibility index (Phi) is 6.23. The predicted octanol–water partition coefficient (Wildman–Crippen LogP) is 3.31. The SMILES string of the molecule is CC(O)COC1(C(C)C)CCCC(C)(OC(=O)C(C)C)C1. The third kappa shape index (κ3) is 4.96. The number of carbonyl (C=O) groups is 1. The number of rotatable bonds is 6. The molecule has 21 heavy (non-hydrogen) atoms. The fourth-order valence-electron chi connectivity index (χ4n) is 3.09. The molecule has 0 bridgehead atoms. The van der Waals surface area contributed by atoms with Gasteiger partial charge in [0.1, 0.15) is 5.60 Å². The maximum atomic E-state index is 12.0. The second-order valence-electron chi connectivity index (χ2n) is 7.44. The zero-order chi connectivity index (χ0) is 16.3. The third-order valence-electron chi connectivity index (χ3n) is 4.46. The van der Waals surface area contributed by atoms with Gasteiger partial charge < -0.3 is 14.6 Å². The van der Waals surface area contributed by atoms with Crippen molar-refractivity contribution in [3.05, 3.63) is 0 Å². The molecule has 0 saturated heterocycles. The van der Waals surface area contributed by atoms with E-state index in [1.807, 2.05) is 20.8 Å². The highest BCUT2D eigenvalue weighted by atomic mass is 16.6. The summed E-state index contributed by atoms with van der Waals surface area (Å²) in [4.78, 5) is 12.0. The van der Waals surface area contributed by atoms with Gasteiger partial charge in [-0.05, 0) is 39.0 Å². The topological polar surface area (TPSA) is 55.8 Å². The maximum absolute atomic E-state index is 12.0. The number of aliphatic hydroxyl groups excluding tert-OH is 1. The number of ether oxygens (including phenoxy) is 2. The molecule has 1 aliphatic carbocycles. The monoisotopic (exact) mass is 300 g/mol. The van der Waals surface area contributed by atoms with Crippen molar-refractivity contribution in [2.24, 2.45) is 11.8 Å². The molecule has 124 valence electrons. The average Bonchev–Trinajstić information content (AvgIpc) is 2.35. The summed E-state index contributed by atoms with van der Waals surface area (Å²) in [5.41, 5.74) is -0.788. The quantitative estimate of drug-likeness (QED) is 0.765. The van der Waals surface area contributed by atoms with E-state index in [0.29, 0.717) is 18.9 Å². The van der Waals surface area contributed by atoms with Crippen molar-refractivity contribution in [3.63, 3.8) is 0 Å². The fraction of sp³-hybridized carbons (Fsp3) is 0.941. The minimum Gasteiger partial charge on any atom is -0.459 e. The molecule has 4 heteroatoms. The normalized spacial score (nSPS) is 31.5. The molecule has 3 unspecified atom stereocenters. The smallest absolute Gasteiger partial charge is 0.308 e. The minimum atomic E-state index is -0.480. The Labute approximate surface area is 129 Å². The molecule has 1 rings (SSSR count). The summed E-state index contributed by atoms with van der Waals surface area (Å²) in [7, 11) is 0. The van der Waals surface area contributed by atoms with E-state index in [9.17, 15) is 9.90 Å². The van der Waals surface area contributed by atoms with Crippen molar-refractivity contribution in [3.8, 4) is 0 Å². The van der Waals surface area contributed by atoms with Gasteiger partial charge in [-0.2, -0.15) is 0 Å². The van der Waals surface area contributed by atoms with Crippen LogP contribution in [0.25, 0.3) is 0 Å². The Balaban J connectivity index is 2.84. The second-order valence-corrected chi connectivity index (χ2v) is 7.44. The molecule has 1 saturated carbocycles. The lowest BCUT2D eigenvalue weighted by molar-refractivity contribution is -0.192. The van der Waals surface area contributed by atoms with Crippen molar-refractivity contribution in [1.82, 2.24) is 0 Å². The van der Waals surface area contributed by atoms with Crippen LogP contribution in [-0.4, -0.2) is 35.0 Å². The van der Waals surface area contributed by atoms with Crippen molar-refractivity contribution >= 4 is 5.97 Å². The Morgan fingerprint density at radius 2 is 1.81 bits per heavy atom. The Hall–Kier alpha value is -0.610. The van der Waals surface area contributed by atoms with Gasteiger partial charge in [-0.3, -0.25) is 4.79 Å². The summed E-state index contributed by atoms with van der Waals surface area (Å²) >= 11 is 0. The molecule has 4 nitrogen and oxygen atoms in total. The summed E-state index contributed by atoms with van der Waals surface area (Å²) in [6.45, 7) is 12.1. The van der Waals surface area contributed by atoms with Gasteiger partial charge in [0.2, 0.25) is 0 Å². The van der Waals surface area contributed by atoms with Crippen LogP contribution in [-0.2, 0) is 14.3 Å². The molecular formula is C17H32O4. The van der Waals surface area contributed by atoms with E-state index in [2.05, 4.69) is 13.8 Å². The van der Waals surface area contributed by atoms with Crippen molar-refractivity contribution < 1.29 is 19.4 Å². The first-order chi connectivity index (χ1) is 9.60. The standard InChI is InChI=1S/C17H32O4/c1-12(2)15(19)21-16(6)8-7-9-17(11-16,13(3)4)20-10-14(5)18/h12-14,18H,7-11H2,1-6H3.